The molecule has 0 aliphatic rings. The van der Waals surface area contributed by atoms with Gasteiger partial charge in [-0.3, -0.25) is 0 Å². The molecule has 2 aromatic carbocycles. The zero-order valence-corrected chi connectivity index (χ0v) is 15.9. The van der Waals surface area contributed by atoms with Crippen molar-refractivity contribution in [2.24, 2.45) is 0 Å². The average Bonchev–Trinajstić information content (AvgIpc) is 2.48. The highest BCUT2D eigenvalue weighted by Gasteiger charge is 2.20. The van der Waals surface area contributed by atoms with Crippen LogP contribution >= 0.6 is 38.5 Å². The SMILES string of the molecule is CNC(c1cccc(I)c1)c1ccc(OC)c(Br)c1OC. The van der Waals surface area contributed by atoms with Crippen LogP contribution in [0.5, 0.6) is 11.5 Å². The lowest BCUT2D eigenvalue weighted by atomic mass is 9.98. The number of hydrogen-bond acceptors (Lipinski definition) is 3. The first-order valence-corrected chi connectivity index (χ1v) is 8.32. The fourth-order valence-electron chi connectivity index (χ4n) is 2.33. The Morgan fingerprint density at radius 2 is 1.90 bits per heavy atom. The molecule has 3 nitrogen and oxygen atoms in total. The van der Waals surface area contributed by atoms with E-state index in [1.54, 1.807) is 14.2 Å². The fraction of sp³-hybridized carbons (Fsp3) is 0.250. The summed E-state index contributed by atoms with van der Waals surface area (Å²) >= 11 is 5.88. The van der Waals surface area contributed by atoms with Gasteiger partial charge in [0, 0.05) is 9.13 Å². The molecule has 0 aliphatic carbocycles. The van der Waals surface area contributed by atoms with Crippen LogP contribution in [0.25, 0.3) is 0 Å². The Morgan fingerprint density at radius 1 is 1.14 bits per heavy atom. The molecule has 2 aromatic rings. The van der Waals surface area contributed by atoms with Gasteiger partial charge in [0.1, 0.15) is 16.0 Å². The number of rotatable bonds is 5. The highest BCUT2D eigenvalue weighted by molar-refractivity contribution is 14.1. The molecule has 0 spiro atoms. The largest absolute Gasteiger partial charge is 0.495 e. The molecule has 0 radical (unpaired) electrons. The first kappa shape index (κ1) is 16.6. The van der Waals surface area contributed by atoms with E-state index in [2.05, 4.69) is 68.1 Å². The monoisotopic (exact) mass is 461 g/mol. The smallest absolute Gasteiger partial charge is 0.141 e. The van der Waals surface area contributed by atoms with Crippen molar-refractivity contribution >= 4 is 38.5 Å². The van der Waals surface area contributed by atoms with Crippen molar-refractivity contribution in [3.05, 3.63) is 55.6 Å². The van der Waals surface area contributed by atoms with Crippen LogP contribution in [0.15, 0.2) is 40.9 Å². The molecule has 0 bridgehead atoms. The van der Waals surface area contributed by atoms with E-state index in [4.69, 9.17) is 9.47 Å². The molecule has 1 atom stereocenters. The normalized spacial score (nSPS) is 12.0. The van der Waals surface area contributed by atoms with Crippen molar-refractivity contribution in [3.63, 3.8) is 0 Å². The molecule has 1 N–H and O–H groups in total. The predicted octanol–water partition coefficient (Wildman–Crippen LogP) is 4.38. The summed E-state index contributed by atoms with van der Waals surface area (Å²) in [5.74, 6) is 1.54. The molecule has 0 amide bonds. The van der Waals surface area contributed by atoms with Gasteiger partial charge in [0.05, 0.1) is 20.3 Å². The molecule has 112 valence electrons. The van der Waals surface area contributed by atoms with E-state index in [-0.39, 0.29) is 6.04 Å². The summed E-state index contributed by atoms with van der Waals surface area (Å²) in [7, 11) is 5.26. The van der Waals surface area contributed by atoms with Gasteiger partial charge in [0.25, 0.3) is 0 Å². The van der Waals surface area contributed by atoms with E-state index in [9.17, 15) is 0 Å². The molecule has 0 saturated heterocycles. The van der Waals surface area contributed by atoms with Crippen molar-refractivity contribution in [2.45, 2.75) is 6.04 Å². The zero-order valence-electron chi connectivity index (χ0n) is 12.1. The highest BCUT2D eigenvalue weighted by Crippen LogP contribution is 2.41. The fourth-order valence-corrected chi connectivity index (χ4v) is 3.59. The van der Waals surface area contributed by atoms with Gasteiger partial charge in [-0.15, -0.1) is 0 Å². The van der Waals surface area contributed by atoms with Crippen LogP contribution in [-0.4, -0.2) is 21.3 Å². The second-order valence-corrected chi connectivity index (χ2v) is 6.52. The quantitative estimate of drug-likeness (QED) is 0.670. The molecule has 2 rings (SSSR count). The molecule has 0 aliphatic heterocycles. The first-order valence-electron chi connectivity index (χ1n) is 6.45. The third-order valence-corrected chi connectivity index (χ3v) is 4.72. The first-order chi connectivity index (χ1) is 10.1. The summed E-state index contributed by atoms with van der Waals surface area (Å²) in [6.07, 6.45) is 0. The molecule has 21 heavy (non-hydrogen) atoms. The highest BCUT2D eigenvalue weighted by atomic mass is 127. The van der Waals surface area contributed by atoms with Gasteiger partial charge in [-0.25, -0.2) is 0 Å². The van der Waals surface area contributed by atoms with E-state index in [0.29, 0.717) is 0 Å². The molecule has 0 aromatic heterocycles. The Balaban J connectivity index is 2.55. The predicted molar refractivity (Wildman–Crippen MR) is 97.3 cm³/mol. The van der Waals surface area contributed by atoms with E-state index in [0.717, 1.165) is 21.5 Å². The van der Waals surface area contributed by atoms with Gasteiger partial charge in [0.15, 0.2) is 0 Å². The van der Waals surface area contributed by atoms with Gasteiger partial charge in [-0.2, -0.15) is 0 Å². The van der Waals surface area contributed by atoms with Crippen LogP contribution in [0.3, 0.4) is 0 Å². The minimum absolute atomic E-state index is 0.0527. The van der Waals surface area contributed by atoms with E-state index < -0.39 is 0 Å². The van der Waals surface area contributed by atoms with Crippen molar-refractivity contribution in [3.8, 4) is 11.5 Å². The van der Waals surface area contributed by atoms with Gasteiger partial charge in [-0.05, 0) is 75.4 Å². The standard InChI is InChI=1S/C16H17BrINO2/c1-19-15(10-5-4-6-11(18)9-10)12-7-8-13(20-2)14(17)16(12)21-3/h4-9,15,19H,1-3H3. The molecule has 0 heterocycles. The van der Waals surface area contributed by atoms with Crippen LogP contribution in [-0.2, 0) is 0 Å². The second kappa shape index (κ2) is 7.47. The number of halogens is 2. The van der Waals surface area contributed by atoms with Crippen molar-refractivity contribution in [2.75, 3.05) is 21.3 Å². The number of ether oxygens (including phenoxy) is 2. The maximum Gasteiger partial charge on any atom is 0.141 e. The van der Waals surface area contributed by atoms with Crippen LogP contribution in [0.4, 0.5) is 0 Å². The van der Waals surface area contributed by atoms with Gasteiger partial charge < -0.3 is 14.8 Å². The number of methoxy groups -OCH3 is 2. The summed E-state index contributed by atoms with van der Waals surface area (Å²) in [6, 6.07) is 12.4. The molecule has 1 unspecified atom stereocenters. The van der Waals surface area contributed by atoms with Crippen molar-refractivity contribution in [1.29, 1.82) is 0 Å². The zero-order chi connectivity index (χ0) is 15.4. The van der Waals surface area contributed by atoms with Crippen LogP contribution in [0.1, 0.15) is 17.2 Å². The summed E-state index contributed by atoms with van der Waals surface area (Å²) in [5, 5.41) is 3.36. The minimum atomic E-state index is 0.0527. The number of hydrogen-bond donors (Lipinski definition) is 1. The van der Waals surface area contributed by atoms with Gasteiger partial charge >= 0.3 is 0 Å². The second-order valence-electron chi connectivity index (χ2n) is 4.48. The Kier molecular flexibility index (Phi) is 5.89. The topological polar surface area (TPSA) is 30.5 Å². The Labute approximate surface area is 147 Å². The minimum Gasteiger partial charge on any atom is -0.495 e. The lowest BCUT2D eigenvalue weighted by molar-refractivity contribution is 0.383. The summed E-state index contributed by atoms with van der Waals surface area (Å²) in [4.78, 5) is 0. The lowest BCUT2D eigenvalue weighted by Crippen LogP contribution is -2.18. The molecular formula is C16H17BrINO2. The third-order valence-electron chi connectivity index (χ3n) is 3.30. The summed E-state index contributed by atoms with van der Waals surface area (Å²) in [5.41, 5.74) is 2.26. The van der Waals surface area contributed by atoms with E-state index >= 15 is 0 Å². The lowest BCUT2D eigenvalue weighted by Gasteiger charge is -2.22. The molecule has 0 saturated carbocycles. The van der Waals surface area contributed by atoms with E-state index in [1.165, 1.54) is 9.13 Å². The van der Waals surface area contributed by atoms with Crippen LogP contribution in [0.2, 0.25) is 0 Å². The summed E-state index contributed by atoms with van der Waals surface area (Å²) in [6.45, 7) is 0. The molecule has 5 heteroatoms. The van der Waals surface area contributed by atoms with Crippen LogP contribution in [0, 0.1) is 3.57 Å². The van der Waals surface area contributed by atoms with Crippen molar-refractivity contribution in [1.82, 2.24) is 5.32 Å². The van der Waals surface area contributed by atoms with E-state index in [1.807, 2.05) is 19.2 Å². The van der Waals surface area contributed by atoms with Gasteiger partial charge in [0.2, 0.25) is 0 Å². The Morgan fingerprint density at radius 3 is 2.48 bits per heavy atom. The average molecular weight is 462 g/mol. The molecule has 0 fully saturated rings. The maximum atomic E-state index is 5.58. The number of benzene rings is 2. The van der Waals surface area contributed by atoms with Gasteiger partial charge in [-0.1, -0.05) is 12.1 Å². The maximum absolute atomic E-state index is 5.58. The summed E-state index contributed by atoms with van der Waals surface area (Å²) < 4.78 is 13.0. The molecular weight excluding hydrogens is 445 g/mol. The van der Waals surface area contributed by atoms with Crippen LogP contribution < -0.4 is 14.8 Å². The Hall–Kier alpha value is -0.790. The number of nitrogens with one attached hydrogen (secondary N) is 1. The van der Waals surface area contributed by atoms with Crippen molar-refractivity contribution < 1.29 is 9.47 Å². The Bertz CT molecular complexity index is 634. The third kappa shape index (κ3) is 3.52.